The van der Waals surface area contributed by atoms with Gasteiger partial charge in [-0.25, -0.2) is 0 Å². The van der Waals surface area contributed by atoms with Crippen LogP contribution >= 0.6 is 0 Å². The van der Waals surface area contributed by atoms with E-state index in [2.05, 4.69) is 67.8 Å². The van der Waals surface area contributed by atoms with Crippen molar-refractivity contribution >= 4 is 5.91 Å². The first-order valence-electron chi connectivity index (χ1n) is 35.5. The summed E-state index contributed by atoms with van der Waals surface area (Å²) in [6.45, 7) is 2.80. The molecular weight excluding hydrogens is 1090 g/mol. The van der Waals surface area contributed by atoms with E-state index in [1.165, 1.54) is 212 Å². The second-order valence-corrected chi connectivity index (χ2v) is 25.0. The van der Waals surface area contributed by atoms with Gasteiger partial charge in [-0.05, 0) is 70.6 Å². The molecule has 0 aromatic carbocycles. The molecule has 14 nitrogen and oxygen atoms in total. The highest BCUT2D eigenvalue weighted by Gasteiger charge is 2.51. The van der Waals surface area contributed by atoms with Gasteiger partial charge in [0.05, 0.1) is 32.0 Å². The number of hydrogen-bond acceptors (Lipinski definition) is 13. The van der Waals surface area contributed by atoms with Gasteiger partial charge in [0.15, 0.2) is 12.6 Å². The lowest BCUT2D eigenvalue weighted by molar-refractivity contribution is -0.359. The molecule has 2 aliphatic heterocycles. The average molecular weight is 1220 g/mol. The van der Waals surface area contributed by atoms with E-state index in [1.54, 1.807) is 6.08 Å². The monoisotopic (exact) mass is 1220 g/mol. The van der Waals surface area contributed by atoms with Crippen molar-refractivity contribution in [1.82, 2.24) is 5.32 Å². The van der Waals surface area contributed by atoms with Gasteiger partial charge in [-0.2, -0.15) is 0 Å². The van der Waals surface area contributed by atoms with Crippen LogP contribution in [0.2, 0.25) is 0 Å². The lowest BCUT2D eigenvalue weighted by atomic mass is 9.97. The molecule has 2 rings (SSSR count). The zero-order valence-electron chi connectivity index (χ0n) is 54.6. The molecule has 0 bridgehead atoms. The molecule has 2 fully saturated rings. The minimum Gasteiger partial charge on any atom is -0.394 e. The van der Waals surface area contributed by atoms with Crippen molar-refractivity contribution < 1.29 is 64.6 Å². The van der Waals surface area contributed by atoms with Crippen molar-refractivity contribution in [2.45, 2.75) is 370 Å². The Balaban J connectivity index is 1.70. The van der Waals surface area contributed by atoms with E-state index >= 15 is 0 Å². The highest BCUT2D eigenvalue weighted by Crippen LogP contribution is 2.30. The molecule has 86 heavy (non-hydrogen) atoms. The number of nitrogens with one attached hydrogen (secondary N) is 1. The van der Waals surface area contributed by atoms with Gasteiger partial charge in [0.1, 0.15) is 48.8 Å². The van der Waals surface area contributed by atoms with Gasteiger partial charge in [0.25, 0.3) is 0 Å². The number of carbonyl (C=O) groups is 1. The van der Waals surface area contributed by atoms with Gasteiger partial charge in [0.2, 0.25) is 5.91 Å². The second-order valence-electron chi connectivity index (χ2n) is 25.0. The standard InChI is InChI=1S/C72H131NO13/c1-3-5-7-9-11-13-15-17-19-21-23-25-27-28-29-30-31-32-34-35-37-39-41-43-45-47-49-51-53-55-61(76)60(59-83-71-69(82)67(80)70(63(58-75)85-71)86-72-68(81)66(79)65(78)62(57-74)84-72)73-64(77)56-54-52-50-48-46-44-42-40-38-36-33-26-24-22-20-18-16-14-12-10-8-6-4-2/h16,18,22,24,33,36,45,47,53,55,60-63,65-72,74-76,78-82H,3-15,17,19-21,23,25-32,34-35,37-44,46,48-52,54,56-59H2,1-2H3,(H,73,77)/b18-16-,24-22-,36-33-,47-45+,55-53+. The third-order valence-electron chi connectivity index (χ3n) is 17.2. The zero-order chi connectivity index (χ0) is 62.3. The summed E-state index contributed by atoms with van der Waals surface area (Å²) >= 11 is 0. The fourth-order valence-electron chi connectivity index (χ4n) is 11.5. The molecule has 1 amide bonds. The molecule has 0 aromatic heterocycles. The van der Waals surface area contributed by atoms with E-state index < -0.39 is 86.8 Å². The van der Waals surface area contributed by atoms with Crippen LogP contribution in [0.3, 0.4) is 0 Å². The summed E-state index contributed by atoms with van der Waals surface area (Å²) in [5.41, 5.74) is 0. The number of aliphatic hydroxyl groups is 8. The van der Waals surface area contributed by atoms with Crippen LogP contribution in [-0.2, 0) is 23.7 Å². The van der Waals surface area contributed by atoms with E-state index in [0.29, 0.717) is 12.8 Å². The van der Waals surface area contributed by atoms with Crippen LogP contribution in [-0.4, -0.2) is 140 Å². The van der Waals surface area contributed by atoms with E-state index in [4.69, 9.17) is 18.9 Å². The highest BCUT2D eigenvalue weighted by atomic mass is 16.7. The topological polar surface area (TPSA) is 228 Å². The zero-order valence-corrected chi connectivity index (χ0v) is 54.6. The average Bonchev–Trinajstić information content (AvgIpc) is 2.54. The second kappa shape index (κ2) is 56.7. The molecule has 2 saturated heterocycles. The quantitative estimate of drug-likeness (QED) is 0.0204. The first kappa shape index (κ1) is 79.8. The van der Waals surface area contributed by atoms with Crippen molar-refractivity contribution in [2.75, 3.05) is 19.8 Å². The van der Waals surface area contributed by atoms with Crippen LogP contribution in [0.1, 0.15) is 296 Å². The summed E-state index contributed by atoms with van der Waals surface area (Å²) in [6, 6.07) is -0.940. The maximum atomic E-state index is 13.3. The number of unbranched alkanes of at least 4 members (excludes halogenated alkanes) is 37. The molecule has 0 aromatic rings. The van der Waals surface area contributed by atoms with E-state index in [9.17, 15) is 45.6 Å². The summed E-state index contributed by atoms with van der Waals surface area (Å²) in [5, 5.41) is 87.4. The molecule has 0 aliphatic carbocycles. The van der Waals surface area contributed by atoms with Crippen molar-refractivity contribution in [3.63, 3.8) is 0 Å². The van der Waals surface area contributed by atoms with Gasteiger partial charge < -0.3 is 65.1 Å². The largest absolute Gasteiger partial charge is 0.394 e. The predicted octanol–water partition coefficient (Wildman–Crippen LogP) is 14.5. The molecule has 12 unspecified atom stereocenters. The third-order valence-corrected chi connectivity index (χ3v) is 17.2. The van der Waals surface area contributed by atoms with Gasteiger partial charge in [-0.3, -0.25) is 4.79 Å². The maximum absolute atomic E-state index is 13.3. The van der Waals surface area contributed by atoms with E-state index in [0.717, 1.165) is 51.4 Å². The fraction of sp³-hybridized carbons (Fsp3) is 0.847. The first-order chi connectivity index (χ1) is 42.1. The number of aliphatic hydroxyl groups excluding tert-OH is 8. The van der Waals surface area contributed by atoms with Gasteiger partial charge >= 0.3 is 0 Å². The first-order valence-corrected chi connectivity index (χ1v) is 35.5. The third kappa shape index (κ3) is 40.4. The molecule has 0 radical (unpaired) electrons. The number of ether oxygens (including phenoxy) is 4. The number of carbonyl (C=O) groups excluding carboxylic acids is 1. The lowest BCUT2D eigenvalue weighted by Gasteiger charge is -2.46. The predicted molar refractivity (Wildman–Crippen MR) is 350 cm³/mol. The Kier molecular flexibility index (Phi) is 52.6. The molecular formula is C72H131NO13. The summed E-state index contributed by atoms with van der Waals surface area (Å²) < 4.78 is 22.8. The lowest BCUT2D eigenvalue weighted by Crippen LogP contribution is -2.65. The van der Waals surface area contributed by atoms with Gasteiger partial charge in [0, 0.05) is 6.42 Å². The Morgan fingerprint density at radius 1 is 0.419 bits per heavy atom. The minimum absolute atomic E-state index is 0.255. The Labute approximate surface area is 524 Å². The van der Waals surface area contributed by atoms with Gasteiger partial charge in [-0.1, -0.05) is 280 Å². The Morgan fingerprint density at radius 2 is 0.779 bits per heavy atom. The van der Waals surface area contributed by atoms with Crippen LogP contribution in [0.15, 0.2) is 60.8 Å². The molecule has 14 heteroatoms. The van der Waals surface area contributed by atoms with E-state index in [-0.39, 0.29) is 18.9 Å². The van der Waals surface area contributed by atoms with Crippen molar-refractivity contribution in [2.24, 2.45) is 0 Å². The Morgan fingerprint density at radius 3 is 1.22 bits per heavy atom. The number of rotatable bonds is 58. The molecule has 2 aliphatic rings. The summed E-state index contributed by atoms with van der Waals surface area (Å²) in [4.78, 5) is 13.3. The van der Waals surface area contributed by atoms with Crippen LogP contribution in [0.4, 0.5) is 0 Å². The normalized spacial score (nSPS) is 23.7. The maximum Gasteiger partial charge on any atom is 0.220 e. The fourth-order valence-corrected chi connectivity index (χ4v) is 11.5. The molecule has 2 heterocycles. The summed E-state index contributed by atoms with van der Waals surface area (Å²) in [7, 11) is 0. The Bertz CT molecular complexity index is 1670. The molecule has 12 atom stereocenters. The van der Waals surface area contributed by atoms with Crippen LogP contribution < -0.4 is 5.32 Å². The summed E-state index contributed by atoms with van der Waals surface area (Å²) in [5.74, 6) is -0.255. The number of amides is 1. The van der Waals surface area contributed by atoms with Crippen molar-refractivity contribution in [3.8, 4) is 0 Å². The van der Waals surface area contributed by atoms with Crippen LogP contribution in [0.5, 0.6) is 0 Å². The summed E-state index contributed by atoms with van der Waals surface area (Å²) in [6.07, 6.45) is 58.5. The smallest absolute Gasteiger partial charge is 0.220 e. The van der Waals surface area contributed by atoms with E-state index in [1.807, 2.05) is 6.08 Å². The number of allylic oxidation sites excluding steroid dienone is 9. The SMILES string of the molecule is CCCCCCC/C=C\C/C=C\C/C=C\CCCCCCCCCCC(=O)NC(COC1OC(CO)C(OC2OC(CO)C(O)C(O)C2O)C(O)C1O)C(O)/C=C/CC/C=C/CCCCCCCCCCCCCCCCCCCCCCCCC. The molecule has 0 spiro atoms. The molecule has 9 N–H and O–H groups in total. The van der Waals surface area contributed by atoms with Crippen molar-refractivity contribution in [1.29, 1.82) is 0 Å². The Hall–Kier alpha value is -2.31. The molecule has 0 saturated carbocycles. The molecule has 502 valence electrons. The van der Waals surface area contributed by atoms with Crippen LogP contribution in [0.25, 0.3) is 0 Å². The van der Waals surface area contributed by atoms with Crippen molar-refractivity contribution in [3.05, 3.63) is 60.8 Å². The van der Waals surface area contributed by atoms with Crippen LogP contribution in [0, 0.1) is 0 Å². The number of hydrogen-bond donors (Lipinski definition) is 9. The minimum atomic E-state index is -1.79. The highest BCUT2D eigenvalue weighted by molar-refractivity contribution is 5.76. The van der Waals surface area contributed by atoms with Gasteiger partial charge in [-0.15, -0.1) is 0 Å².